The first-order chi connectivity index (χ1) is 23.7. The predicted octanol–water partition coefficient (Wildman–Crippen LogP) is 4.20. The molecule has 49 heavy (non-hydrogen) atoms. The summed E-state index contributed by atoms with van der Waals surface area (Å²) in [6.45, 7) is 3.15. The number of thioether (sulfide) groups is 1. The smallest absolute Gasteiger partial charge is 0.250 e. The molecule has 1 aromatic heterocycles. The van der Waals surface area contributed by atoms with E-state index in [1.54, 1.807) is 57.4 Å². The average Bonchev–Trinajstić information content (AvgIpc) is 3.33. The maximum absolute atomic E-state index is 14.3. The number of pyridine rings is 1. The highest BCUT2D eigenvalue weighted by Crippen LogP contribution is 2.50. The SMILES string of the molecule is COc1cc2c(c(OC)c1OC)-c1ccc(N[C@@H](CCSC)C(=O)N3C[C@@H]4C[C@H](C3)c3cccc(=O)n3C4)c(=O)cc1[C@H](NC(C)=O)CC2. The van der Waals surface area contributed by atoms with Crippen molar-refractivity contribution in [3.8, 4) is 28.4 Å². The van der Waals surface area contributed by atoms with Crippen LogP contribution in [-0.2, 0) is 22.6 Å². The van der Waals surface area contributed by atoms with Crippen LogP contribution in [0.3, 0.4) is 0 Å². The summed E-state index contributed by atoms with van der Waals surface area (Å²) in [5.74, 6) is 2.17. The second kappa shape index (κ2) is 14.6. The summed E-state index contributed by atoms with van der Waals surface area (Å²) >= 11 is 1.64. The van der Waals surface area contributed by atoms with Crippen molar-refractivity contribution in [2.75, 3.05) is 51.7 Å². The molecular formula is C37H44N4O7S. The third kappa shape index (κ3) is 6.75. The van der Waals surface area contributed by atoms with Gasteiger partial charge in [0.15, 0.2) is 11.5 Å². The number of amides is 2. The number of methoxy groups -OCH3 is 3. The monoisotopic (exact) mass is 688 g/mol. The van der Waals surface area contributed by atoms with Crippen LogP contribution in [0.2, 0.25) is 0 Å². The molecule has 3 heterocycles. The number of carbonyl (C=O) groups excluding carboxylic acids is 2. The van der Waals surface area contributed by atoms with Crippen LogP contribution in [0.1, 0.15) is 55.0 Å². The fourth-order valence-electron chi connectivity index (χ4n) is 7.80. The van der Waals surface area contributed by atoms with E-state index in [0.29, 0.717) is 67.4 Å². The van der Waals surface area contributed by atoms with Crippen molar-refractivity contribution in [1.82, 2.24) is 14.8 Å². The first kappa shape index (κ1) is 34.4. The third-order valence-electron chi connectivity index (χ3n) is 9.95. The molecule has 6 rings (SSSR count). The Morgan fingerprint density at radius 3 is 2.51 bits per heavy atom. The van der Waals surface area contributed by atoms with Gasteiger partial charge in [-0.2, -0.15) is 11.8 Å². The summed E-state index contributed by atoms with van der Waals surface area (Å²) in [7, 11) is 4.68. The lowest BCUT2D eigenvalue weighted by atomic mass is 9.83. The summed E-state index contributed by atoms with van der Waals surface area (Å²) in [6, 6.07) is 11.4. The Hall–Kier alpha value is -4.45. The molecule has 11 nitrogen and oxygen atoms in total. The quantitative estimate of drug-likeness (QED) is 0.322. The van der Waals surface area contributed by atoms with Gasteiger partial charge in [-0.1, -0.05) is 12.1 Å². The molecule has 2 amide bonds. The molecule has 3 aliphatic rings. The Balaban J connectivity index is 1.39. The zero-order valence-electron chi connectivity index (χ0n) is 28.7. The Morgan fingerprint density at radius 2 is 1.80 bits per heavy atom. The largest absolute Gasteiger partial charge is 0.493 e. The number of aryl methyl sites for hydroxylation is 1. The molecule has 0 unspecified atom stereocenters. The number of fused-ring (bicyclic) bond motifs is 7. The number of likely N-dealkylation sites (tertiary alicyclic amines) is 1. The van der Waals surface area contributed by atoms with Crippen LogP contribution in [0.25, 0.3) is 11.1 Å². The molecule has 2 N–H and O–H groups in total. The standard InChI is InChI=1S/C37H44N4O7S/c1-21(42)38-27-11-9-23-16-32(46-2)35(47-3)36(48-4)34(23)25-10-12-28(31(43)17-26(25)27)39-29(13-14-49-5)37(45)40-18-22-15-24(20-40)30-7-6-8-33(44)41(30)19-22/h6-8,10,12,16-17,22,24,27,29H,9,11,13-15,18-20H2,1-5H3,(H,38,42)(H,39,43)/t22-,24+,27+,29-/m0/s1. The van der Waals surface area contributed by atoms with Crippen LogP contribution in [0, 0.1) is 5.92 Å². The van der Waals surface area contributed by atoms with E-state index in [0.717, 1.165) is 34.6 Å². The second-order valence-corrected chi connectivity index (χ2v) is 14.0. The average molecular weight is 689 g/mol. The van der Waals surface area contributed by atoms with Crippen LogP contribution in [0.15, 0.2) is 52.1 Å². The fourth-order valence-corrected chi connectivity index (χ4v) is 8.28. The van der Waals surface area contributed by atoms with Crippen molar-refractivity contribution in [3.63, 3.8) is 0 Å². The van der Waals surface area contributed by atoms with Gasteiger partial charge in [0.1, 0.15) is 6.04 Å². The van der Waals surface area contributed by atoms with Gasteiger partial charge in [0.2, 0.25) is 23.0 Å². The Bertz CT molecular complexity index is 1880. The number of carbonyl (C=O) groups is 2. The van der Waals surface area contributed by atoms with E-state index < -0.39 is 12.1 Å². The number of hydrogen-bond donors (Lipinski definition) is 2. The van der Waals surface area contributed by atoms with Gasteiger partial charge >= 0.3 is 0 Å². The highest BCUT2D eigenvalue weighted by molar-refractivity contribution is 7.98. The van der Waals surface area contributed by atoms with Crippen molar-refractivity contribution in [2.24, 2.45) is 5.92 Å². The minimum absolute atomic E-state index is 0.00313. The summed E-state index contributed by atoms with van der Waals surface area (Å²) in [5, 5.41) is 6.39. The molecular weight excluding hydrogens is 644 g/mol. The molecule has 2 aliphatic heterocycles. The van der Waals surface area contributed by atoms with Crippen molar-refractivity contribution >= 4 is 29.3 Å². The lowest BCUT2D eigenvalue weighted by Gasteiger charge is -2.43. The third-order valence-corrected chi connectivity index (χ3v) is 10.6. The van der Waals surface area contributed by atoms with Gasteiger partial charge in [-0.25, -0.2) is 0 Å². The molecule has 0 saturated carbocycles. The highest BCUT2D eigenvalue weighted by atomic mass is 32.2. The van der Waals surface area contributed by atoms with E-state index in [4.69, 9.17) is 14.2 Å². The maximum atomic E-state index is 14.3. The second-order valence-electron chi connectivity index (χ2n) is 13.0. The summed E-state index contributed by atoms with van der Waals surface area (Å²) in [4.78, 5) is 55.1. The molecule has 3 aromatic rings. The van der Waals surface area contributed by atoms with Crippen LogP contribution in [0.4, 0.5) is 5.69 Å². The van der Waals surface area contributed by atoms with Gasteiger partial charge in [-0.05, 0) is 84.6 Å². The number of rotatable bonds is 10. The Labute approximate surface area is 290 Å². The topological polar surface area (TPSA) is 128 Å². The number of piperidine rings is 1. The number of ether oxygens (including phenoxy) is 3. The summed E-state index contributed by atoms with van der Waals surface area (Å²) < 4.78 is 19.1. The molecule has 1 fully saturated rings. The van der Waals surface area contributed by atoms with Gasteiger partial charge in [-0.3, -0.25) is 19.2 Å². The number of nitrogens with one attached hydrogen (secondary N) is 2. The van der Waals surface area contributed by atoms with E-state index in [9.17, 15) is 19.2 Å². The molecule has 1 saturated heterocycles. The molecule has 12 heteroatoms. The molecule has 1 aliphatic carbocycles. The van der Waals surface area contributed by atoms with Gasteiger partial charge in [-0.15, -0.1) is 0 Å². The molecule has 2 bridgehead atoms. The first-order valence-electron chi connectivity index (χ1n) is 16.7. The maximum Gasteiger partial charge on any atom is 0.250 e. The van der Waals surface area contributed by atoms with E-state index in [1.807, 2.05) is 33.9 Å². The van der Waals surface area contributed by atoms with Crippen molar-refractivity contribution < 1.29 is 23.8 Å². The number of hydrogen-bond acceptors (Lipinski definition) is 9. The van der Waals surface area contributed by atoms with Crippen LogP contribution in [-0.4, -0.2) is 73.8 Å². The van der Waals surface area contributed by atoms with Crippen LogP contribution >= 0.6 is 11.8 Å². The Kier molecular flexibility index (Phi) is 10.2. The fraction of sp³-hybridized carbons (Fsp3) is 0.459. The van der Waals surface area contributed by atoms with E-state index in [1.165, 1.54) is 6.92 Å². The summed E-state index contributed by atoms with van der Waals surface area (Å²) in [5.41, 5.74) is 4.06. The van der Waals surface area contributed by atoms with Gasteiger partial charge in [0.05, 0.1) is 33.1 Å². The molecule has 4 atom stereocenters. The van der Waals surface area contributed by atoms with Gasteiger partial charge in [0, 0.05) is 49.8 Å². The summed E-state index contributed by atoms with van der Waals surface area (Å²) in [6.07, 6.45) is 4.61. The lowest BCUT2D eigenvalue weighted by Crippen LogP contribution is -2.53. The predicted molar refractivity (Wildman–Crippen MR) is 191 cm³/mol. The van der Waals surface area contributed by atoms with Gasteiger partial charge in [0.25, 0.3) is 5.56 Å². The minimum atomic E-state index is -0.628. The van der Waals surface area contributed by atoms with Gasteiger partial charge < -0.3 is 34.3 Å². The molecule has 2 aromatic carbocycles. The molecule has 260 valence electrons. The van der Waals surface area contributed by atoms with Crippen molar-refractivity contribution in [2.45, 2.75) is 57.2 Å². The first-order valence-corrected chi connectivity index (χ1v) is 18.1. The highest BCUT2D eigenvalue weighted by Gasteiger charge is 2.38. The van der Waals surface area contributed by atoms with Crippen molar-refractivity contribution in [3.05, 3.63) is 79.9 Å². The number of nitrogens with zero attached hydrogens (tertiary/aromatic N) is 2. The van der Waals surface area contributed by atoms with Crippen LogP contribution < -0.4 is 35.8 Å². The van der Waals surface area contributed by atoms with Crippen LogP contribution in [0.5, 0.6) is 17.2 Å². The van der Waals surface area contributed by atoms with Crippen molar-refractivity contribution in [1.29, 1.82) is 0 Å². The Morgan fingerprint density at radius 1 is 1.00 bits per heavy atom. The molecule has 0 radical (unpaired) electrons. The van der Waals surface area contributed by atoms with E-state index in [2.05, 4.69) is 10.6 Å². The van der Waals surface area contributed by atoms with E-state index >= 15 is 0 Å². The molecule has 0 spiro atoms. The number of anilines is 1. The normalized spacial score (nSPS) is 19.7. The van der Waals surface area contributed by atoms with E-state index in [-0.39, 0.29) is 34.6 Å². The lowest BCUT2D eigenvalue weighted by molar-refractivity contribution is -0.134. The number of aromatic nitrogens is 1. The minimum Gasteiger partial charge on any atom is -0.493 e. The number of benzene rings is 1. The zero-order valence-corrected chi connectivity index (χ0v) is 29.5. The zero-order chi connectivity index (χ0) is 34.8.